The maximum absolute atomic E-state index is 12.4. The Morgan fingerprint density at radius 1 is 1.00 bits per heavy atom. The fourth-order valence-electron chi connectivity index (χ4n) is 3.52. The minimum absolute atomic E-state index is 0. The fraction of sp³-hybridized carbons (Fsp3) is 0.348. The van der Waals surface area contributed by atoms with Crippen LogP contribution in [0.1, 0.15) is 17.5 Å². The Morgan fingerprint density at radius 3 is 2.00 bits per heavy atom. The average molecular weight is 551 g/mol. The van der Waals surface area contributed by atoms with E-state index in [0.717, 1.165) is 19.5 Å². The number of amides is 2. The van der Waals surface area contributed by atoms with Gasteiger partial charge in [0.1, 0.15) is 13.2 Å². The number of carbonyl (C=O) groups excluding carboxylic acids is 2. The number of alkyl carbamates (subject to hydrolysis) is 1. The highest BCUT2D eigenvalue weighted by Gasteiger charge is 2.21. The summed E-state index contributed by atoms with van der Waals surface area (Å²) < 4.78 is 10.3. The molecule has 1 atom stereocenters. The highest BCUT2D eigenvalue weighted by atomic mass is 35.5. The van der Waals surface area contributed by atoms with Crippen LogP contribution in [0.25, 0.3) is 0 Å². The second kappa shape index (κ2) is 14.4. The molecule has 2 N–H and O–H groups in total. The molecule has 1 aliphatic heterocycles. The zero-order valence-corrected chi connectivity index (χ0v) is 21.2. The first kappa shape index (κ1) is 29.9. The van der Waals surface area contributed by atoms with Crippen molar-refractivity contribution in [1.82, 2.24) is 15.5 Å². The minimum atomic E-state index is -0.972. The Labute approximate surface area is 223 Å². The van der Waals surface area contributed by atoms with E-state index in [2.05, 4.69) is 15.6 Å². The van der Waals surface area contributed by atoms with Gasteiger partial charge in [0.2, 0.25) is 5.96 Å². The lowest BCUT2D eigenvalue weighted by Crippen LogP contribution is -2.45. The number of guanidine groups is 1. The number of halogens is 1. The van der Waals surface area contributed by atoms with Crippen LogP contribution in [0.3, 0.4) is 0 Å². The van der Waals surface area contributed by atoms with Gasteiger partial charge in [-0.25, -0.2) is 9.59 Å². The zero-order valence-electron chi connectivity index (χ0n) is 20.4. The summed E-state index contributed by atoms with van der Waals surface area (Å²) in [4.78, 5) is 50.8. The summed E-state index contributed by atoms with van der Waals surface area (Å²) in [5.74, 6) is 0.207. The first-order chi connectivity index (χ1) is 17.7. The van der Waals surface area contributed by atoms with E-state index in [1.807, 2.05) is 0 Å². The zero-order chi connectivity index (χ0) is 26.8. The van der Waals surface area contributed by atoms with Gasteiger partial charge >= 0.3 is 12.2 Å². The van der Waals surface area contributed by atoms with E-state index in [9.17, 15) is 29.8 Å². The van der Waals surface area contributed by atoms with Crippen molar-refractivity contribution in [3.05, 3.63) is 79.9 Å². The smallest absolute Gasteiger partial charge is 0.437 e. The summed E-state index contributed by atoms with van der Waals surface area (Å²) in [6.07, 6.45) is -0.927. The van der Waals surface area contributed by atoms with Crippen LogP contribution in [0.4, 0.5) is 21.0 Å². The lowest BCUT2D eigenvalue weighted by molar-refractivity contribution is -0.385. The van der Waals surface area contributed by atoms with E-state index >= 15 is 0 Å². The molecule has 0 saturated carbocycles. The topological polar surface area (TPSA) is 179 Å². The van der Waals surface area contributed by atoms with Gasteiger partial charge < -0.3 is 19.7 Å². The van der Waals surface area contributed by atoms with Crippen LogP contribution in [-0.4, -0.2) is 59.6 Å². The molecule has 0 radical (unpaired) electrons. The lowest BCUT2D eigenvalue weighted by Gasteiger charge is -2.24. The van der Waals surface area contributed by atoms with Gasteiger partial charge in [-0.05, 0) is 60.8 Å². The van der Waals surface area contributed by atoms with Crippen molar-refractivity contribution in [3.8, 4) is 0 Å². The summed E-state index contributed by atoms with van der Waals surface area (Å²) in [6, 6.07) is 11.0. The van der Waals surface area contributed by atoms with E-state index in [4.69, 9.17) is 9.47 Å². The molecule has 0 aliphatic carbocycles. The molecule has 0 aromatic heterocycles. The molecule has 2 amide bonds. The number of non-ortho nitro benzene ring substituents is 2. The minimum Gasteiger partial charge on any atom is -0.444 e. The normalized spacial score (nSPS) is 14.7. The van der Waals surface area contributed by atoms with Gasteiger partial charge in [-0.2, -0.15) is 0 Å². The molecule has 1 saturated heterocycles. The Hall–Kier alpha value is -4.30. The Balaban J connectivity index is 0.00000507. The molecule has 2 aromatic carbocycles. The van der Waals surface area contributed by atoms with Crippen molar-refractivity contribution < 1.29 is 28.9 Å². The van der Waals surface area contributed by atoms with Crippen LogP contribution in [-0.2, 0) is 22.7 Å². The van der Waals surface area contributed by atoms with Crippen molar-refractivity contribution in [2.24, 2.45) is 10.9 Å². The standard InChI is InChI=1S/C23H26N6O8.ClH/c1-27(13-18-10-11-24-12-18)21(25-22(30)36-14-16-2-6-19(7-3-16)28(32)33)26-23(31)37-15-17-4-8-20(9-5-17)29(34)35;/h2-9,18,24H,10-15H2,1H3,(H,25,26,30,31);1H/t18-;/m0./s1. The van der Waals surface area contributed by atoms with E-state index in [-0.39, 0.29) is 48.9 Å². The predicted octanol–water partition coefficient (Wildman–Crippen LogP) is 3.39. The molecule has 14 nitrogen and oxygen atoms in total. The van der Waals surface area contributed by atoms with Gasteiger partial charge in [0.05, 0.1) is 9.85 Å². The summed E-state index contributed by atoms with van der Waals surface area (Å²) in [6.45, 7) is 1.83. The van der Waals surface area contributed by atoms with E-state index < -0.39 is 22.0 Å². The molecule has 0 spiro atoms. The molecule has 1 heterocycles. The molecule has 3 rings (SSSR count). The number of ether oxygens (including phenoxy) is 2. The maximum Gasteiger partial charge on any atom is 0.437 e. The molecule has 0 bridgehead atoms. The molecule has 0 unspecified atom stereocenters. The molecular weight excluding hydrogens is 524 g/mol. The molecular formula is C23H27ClN6O8. The number of nitro benzene ring substituents is 2. The first-order valence-corrected chi connectivity index (χ1v) is 11.3. The van der Waals surface area contributed by atoms with Crippen LogP contribution in [0, 0.1) is 26.1 Å². The number of rotatable bonds is 8. The van der Waals surface area contributed by atoms with Gasteiger partial charge in [-0.15, -0.1) is 17.4 Å². The van der Waals surface area contributed by atoms with E-state index in [1.54, 1.807) is 11.9 Å². The number of nitrogens with zero attached hydrogens (tertiary/aromatic N) is 4. The lowest BCUT2D eigenvalue weighted by atomic mass is 10.1. The SMILES string of the molecule is CN(C[C@H]1CCNC1)C(=NC(=O)OCc1ccc([N+](=O)[O-])cc1)NC(=O)OCc1ccc([N+](=O)[O-])cc1.Cl. The summed E-state index contributed by atoms with van der Waals surface area (Å²) in [7, 11) is 1.66. The number of nitro groups is 2. The maximum atomic E-state index is 12.4. The van der Waals surface area contributed by atoms with Crippen molar-refractivity contribution in [2.75, 3.05) is 26.7 Å². The molecule has 15 heteroatoms. The third-order valence-corrected chi connectivity index (χ3v) is 5.49. The molecule has 1 aliphatic rings. The number of carbonyl (C=O) groups is 2. The van der Waals surface area contributed by atoms with Gasteiger partial charge in [-0.3, -0.25) is 25.5 Å². The Kier molecular flexibility index (Phi) is 11.4. The number of hydrogen-bond acceptors (Lipinski definition) is 9. The monoisotopic (exact) mass is 550 g/mol. The third kappa shape index (κ3) is 9.29. The quantitative estimate of drug-likeness (QED) is 0.214. The van der Waals surface area contributed by atoms with E-state index in [0.29, 0.717) is 17.7 Å². The van der Waals surface area contributed by atoms with Gasteiger partial charge in [-0.1, -0.05) is 0 Å². The molecule has 1 fully saturated rings. The number of benzene rings is 2. The Morgan fingerprint density at radius 2 is 1.53 bits per heavy atom. The Bertz CT molecular complexity index is 1150. The van der Waals surface area contributed by atoms with Crippen molar-refractivity contribution in [3.63, 3.8) is 0 Å². The van der Waals surface area contributed by atoms with Crippen LogP contribution in [0.15, 0.2) is 53.5 Å². The summed E-state index contributed by atoms with van der Waals surface area (Å²) in [5, 5.41) is 27.2. The highest BCUT2D eigenvalue weighted by Crippen LogP contribution is 2.14. The third-order valence-electron chi connectivity index (χ3n) is 5.49. The highest BCUT2D eigenvalue weighted by molar-refractivity contribution is 5.98. The molecule has 38 heavy (non-hydrogen) atoms. The van der Waals surface area contributed by atoms with Crippen LogP contribution < -0.4 is 10.6 Å². The second-order valence-electron chi connectivity index (χ2n) is 8.28. The number of hydrogen-bond donors (Lipinski definition) is 2. The fourth-order valence-corrected chi connectivity index (χ4v) is 3.52. The van der Waals surface area contributed by atoms with Gasteiger partial charge in [0, 0.05) is 37.9 Å². The van der Waals surface area contributed by atoms with Crippen molar-refractivity contribution in [1.29, 1.82) is 0 Å². The largest absolute Gasteiger partial charge is 0.444 e. The van der Waals surface area contributed by atoms with Crippen molar-refractivity contribution in [2.45, 2.75) is 19.6 Å². The van der Waals surface area contributed by atoms with Gasteiger partial charge in [0.25, 0.3) is 11.4 Å². The van der Waals surface area contributed by atoms with Gasteiger partial charge in [0.15, 0.2) is 0 Å². The summed E-state index contributed by atoms with van der Waals surface area (Å²) >= 11 is 0. The predicted molar refractivity (Wildman–Crippen MR) is 138 cm³/mol. The number of aliphatic imine (C=N–C) groups is 1. The van der Waals surface area contributed by atoms with Crippen LogP contribution in [0.5, 0.6) is 0 Å². The van der Waals surface area contributed by atoms with E-state index in [1.165, 1.54) is 48.5 Å². The first-order valence-electron chi connectivity index (χ1n) is 11.3. The molecule has 2 aromatic rings. The van der Waals surface area contributed by atoms with Crippen LogP contribution >= 0.6 is 12.4 Å². The molecule has 204 valence electrons. The van der Waals surface area contributed by atoms with Crippen molar-refractivity contribution >= 4 is 41.9 Å². The second-order valence-corrected chi connectivity index (χ2v) is 8.28. The summed E-state index contributed by atoms with van der Waals surface area (Å²) in [5.41, 5.74) is 0.886. The average Bonchev–Trinajstić information content (AvgIpc) is 3.39. The van der Waals surface area contributed by atoms with Crippen LogP contribution in [0.2, 0.25) is 0 Å². The number of nitrogens with one attached hydrogen (secondary N) is 2.